The van der Waals surface area contributed by atoms with E-state index >= 15 is 0 Å². The molecular formula is C24H32O5S. The number of hydrogen-bond acceptors (Lipinski definition) is 5. The van der Waals surface area contributed by atoms with E-state index < -0.39 is 21.2 Å². The quantitative estimate of drug-likeness (QED) is 0.619. The number of carbonyl (C=O) groups is 1. The Balaban J connectivity index is 1.84. The summed E-state index contributed by atoms with van der Waals surface area (Å²) in [6.07, 6.45) is 3.73. The Kier molecular flexibility index (Phi) is 6.30. The van der Waals surface area contributed by atoms with E-state index in [0.29, 0.717) is 17.4 Å². The van der Waals surface area contributed by atoms with Crippen molar-refractivity contribution >= 4 is 15.6 Å². The molecule has 1 saturated carbocycles. The SMILES string of the molecule is CC(C)c1cccc(C(C)C2CC2)c1CC(=O)CS(=O)(=O)c1cc(C(C)(C)O)co1. The zero-order chi connectivity index (χ0) is 22.3. The molecule has 3 rings (SSSR count). The summed E-state index contributed by atoms with van der Waals surface area (Å²) in [5.74, 6) is 0.287. The van der Waals surface area contributed by atoms with Gasteiger partial charge in [-0.05, 0) is 61.1 Å². The van der Waals surface area contributed by atoms with Gasteiger partial charge in [0.15, 0.2) is 5.78 Å². The molecule has 0 aliphatic heterocycles. The molecule has 0 amide bonds. The smallest absolute Gasteiger partial charge is 0.218 e. The summed E-state index contributed by atoms with van der Waals surface area (Å²) in [5.41, 5.74) is 2.39. The number of furan rings is 1. The van der Waals surface area contributed by atoms with Crippen LogP contribution in [-0.4, -0.2) is 25.1 Å². The molecule has 164 valence electrons. The van der Waals surface area contributed by atoms with E-state index in [1.165, 1.54) is 25.2 Å². The zero-order valence-electron chi connectivity index (χ0n) is 18.4. The van der Waals surface area contributed by atoms with E-state index in [-0.39, 0.29) is 23.2 Å². The molecule has 1 fully saturated rings. The Morgan fingerprint density at radius 1 is 1.20 bits per heavy atom. The maximum atomic E-state index is 12.9. The summed E-state index contributed by atoms with van der Waals surface area (Å²) in [7, 11) is -3.92. The van der Waals surface area contributed by atoms with Crippen LogP contribution in [0.5, 0.6) is 0 Å². The highest BCUT2D eigenvalue weighted by molar-refractivity contribution is 7.92. The van der Waals surface area contributed by atoms with Gasteiger partial charge < -0.3 is 9.52 Å². The van der Waals surface area contributed by atoms with Crippen molar-refractivity contribution in [1.29, 1.82) is 0 Å². The van der Waals surface area contributed by atoms with E-state index in [4.69, 9.17) is 4.42 Å². The van der Waals surface area contributed by atoms with Gasteiger partial charge in [-0.25, -0.2) is 8.42 Å². The Bertz CT molecular complexity index is 1020. The summed E-state index contributed by atoms with van der Waals surface area (Å²) in [6.45, 7) is 9.47. The fraction of sp³-hybridized carbons (Fsp3) is 0.542. The van der Waals surface area contributed by atoms with Crippen molar-refractivity contribution in [2.45, 2.75) is 76.4 Å². The lowest BCUT2D eigenvalue weighted by molar-refractivity contribution is -0.116. The minimum atomic E-state index is -3.92. The molecule has 0 spiro atoms. The lowest BCUT2D eigenvalue weighted by Crippen LogP contribution is -2.20. The number of carbonyl (C=O) groups excluding carboxylic acids is 1. The van der Waals surface area contributed by atoms with Gasteiger partial charge in [0.2, 0.25) is 14.9 Å². The van der Waals surface area contributed by atoms with Crippen LogP contribution in [0.4, 0.5) is 0 Å². The maximum absolute atomic E-state index is 12.9. The van der Waals surface area contributed by atoms with Gasteiger partial charge in [0.1, 0.15) is 5.75 Å². The summed E-state index contributed by atoms with van der Waals surface area (Å²) in [6, 6.07) is 7.45. The fourth-order valence-corrected chi connectivity index (χ4v) is 5.15. The molecule has 5 nitrogen and oxygen atoms in total. The third-order valence-corrected chi connectivity index (χ3v) is 7.53. The summed E-state index contributed by atoms with van der Waals surface area (Å²) in [4.78, 5) is 12.9. The number of ketones is 1. The molecular weight excluding hydrogens is 400 g/mol. The highest BCUT2D eigenvalue weighted by Gasteiger charge is 2.32. The number of benzene rings is 1. The van der Waals surface area contributed by atoms with Crippen LogP contribution >= 0.6 is 0 Å². The van der Waals surface area contributed by atoms with Crippen molar-refractivity contribution in [2.24, 2.45) is 5.92 Å². The summed E-state index contributed by atoms with van der Waals surface area (Å²) >= 11 is 0. The minimum Gasteiger partial charge on any atom is -0.453 e. The van der Waals surface area contributed by atoms with E-state index in [1.807, 2.05) is 12.1 Å². The second-order valence-corrected chi connectivity index (χ2v) is 11.3. The number of aliphatic hydroxyl groups is 1. The van der Waals surface area contributed by atoms with Crippen LogP contribution in [0.15, 0.2) is 40.0 Å². The molecule has 0 radical (unpaired) electrons. The largest absolute Gasteiger partial charge is 0.453 e. The molecule has 1 aliphatic carbocycles. The van der Waals surface area contributed by atoms with Crippen molar-refractivity contribution in [3.8, 4) is 0 Å². The fourth-order valence-electron chi connectivity index (χ4n) is 3.98. The van der Waals surface area contributed by atoms with Crippen LogP contribution in [0.25, 0.3) is 0 Å². The highest BCUT2D eigenvalue weighted by atomic mass is 32.2. The summed E-state index contributed by atoms with van der Waals surface area (Å²) in [5, 5.41) is 9.76. The van der Waals surface area contributed by atoms with Crippen molar-refractivity contribution < 1.29 is 22.7 Å². The second-order valence-electron chi connectivity index (χ2n) is 9.38. The molecule has 0 saturated heterocycles. The van der Waals surface area contributed by atoms with Gasteiger partial charge in [0, 0.05) is 18.1 Å². The average molecular weight is 433 g/mol. The number of sulfone groups is 1. The topological polar surface area (TPSA) is 84.6 Å². The molecule has 0 bridgehead atoms. The van der Waals surface area contributed by atoms with Gasteiger partial charge in [0.25, 0.3) is 0 Å². The van der Waals surface area contributed by atoms with Gasteiger partial charge in [-0.2, -0.15) is 0 Å². The van der Waals surface area contributed by atoms with Crippen molar-refractivity contribution in [3.05, 3.63) is 52.8 Å². The Morgan fingerprint density at radius 2 is 1.83 bits per heavy atom. The first-order valence-electron chi connectivity index (χ1n) is 10.6. The van der Waals surface area contributed by atoms with E-state index in [1.54, 1.807) is 13.8 Å². The molecule has 30 heavy (non-hydrogen) atoms. The molecule has 1 N–H and O–H groups in total. The lowest BCUT2D eigenvalue weighted by atomic mass is 9.84. The Hall–Kier alpha value is -1.92. The number of rotatable bonds is 9. The van der Waals surface area contributed by atoms with Crippen LogP contribution in [-0.2, 0) is 26.7 Å². The molecule has 1 aliphatic rings. The van der Waals surface area contributed by atoms with Gasteiger partial charge in [-0.1, -0.05) is 39.0 Å². The first-order chi connectivity index (χ1) is 13.9. The zero-order valence-corrected chi connectivity index (χ0v) is 19.3. The van der Waals surface area contributed by atoms with Crippen LogP contribution in [0.2, 0.25) is 0 Å². The van der Waals surface area contributed by atoms with Gasteiger partial charge in [-0.15, -0.1) is 0 Å². The standard InChI is InChI=1S/C24H32O5S/c1-15(2)20-7-6-8-21(16(3)17-9-10-17)22(20)12-19(25)14-30(27,28)23-11-18(13-29-23)24(4,5)26/h6-8,11,13,15-17,26H,9-10,12,14H2,1-5H3. The van der Waals surface area contributed by atoms with Crippen LogP contribution < -0.4 is 0 Å². The van der Waals surface area contributed by atoms with Gasteiger partial charge in [-0.3, -0.25) is 4.79 Å². The second kappa shape index (κ2) is 8.31. The minimum absolute atomic E-state index is 0.0963. The monoisotopic (exact) mass is 432 g/mol. The maximum Gasteiger partial charge on any atom is 0.218 e. The molecule has 1 heterocycles. The lowest BCUT2D eigenvalue weighted by Gasteiger charge is -2.21. The first kappa shape index (κ1) is 22.8. The third-order valence-electron chi connectivity index (χ3n) is 6.00. The highest BCUT2D eigenvalue weighted by Crippen LogP contribution is 2.44. The molecule has 6 heteroatoms. The average Bonchev–Trinajstić information content (AvgIpc) is 3.34. The predicted molar refractivity (Wildman–Crippen MR) is 116 cm³/mol. The van der Waals surface area contributed by atoms with Crippen molar-refractivity contribution in [1.82, 2.24) is 0 Å². The molecule has 1 aromatic heterocycles. The molecule has 1 aromatic carbocycles. The first-order valence-corrected chi connectivity index (χ1v) is 12.2. The Morgan fingerprint density at radius 3 is 2.37 bits per heavy atom. The number of hydrogen-bond donors (Lipinski definition) is 1. The van der Waals surface area contributed by atoms with E-state index in [0.717, 1.165) is 16.7 Å². The molecule has 1 atom stereocenters. The molecule has 2 aromatic rings. The Labute approximate surface area is 179 Å². The molecule has 1 unspecified atom stereocenters. The normalized spacial score (nSPS) is 16.1. The van der Waals surface area contributed by atoms with Gasteiger partial charge >= 0.3 is 0 Å². The van der Waals surface area contributed by atoms with Crippen LogP contribution in [0.1, 0.15) is 81.5 Å². The van der Waals surface area contributed by atoms with Crippen molar-refractivity contribution in [2.75, 3.05) is 5.75 Å². The van der Waals surface area contributed by atoms with Gasteiger partial charge in [0.05, 0.1) is 11.9 Å². The van der Waals surface area contributed by atoms with E-state index in [9.17, 15) is 18.3 Å². The van der Waals surface area contributed by atoms with Crippen LogP contribution in [0.3, 0.4) is 0 Å². The number of Topliss-reactive ketones (excluding diaryl/α,β-unsaturated/α-hetero) is 1. The third kappa shape index (κ3) is 5.03. The van der Waals surface area contributed by atoms with E-state index in [2.05, 4.69) is 26.8 Å². The summed E-state index contributed by atoms with van der Waals surface area (Å²) < 4.78 is 30.6. The van der Waals surface area contributed by atoms with Crippen molar-refractivity contribution in [3.63, 3.8) is 0 Å². The van der Waals surface area contributed by atoms with Crippen LogP contribution in [0, 0.1) is 5.92 Å². The predicted octanol–water partition coefficient (Wildman–Crippen LogP) is 4.73.